The Morgan fingerprint density at radius 3 is 2.84 bits per heavy atom. The fourth-order valence-corrected chi connectivity index (χ4v) is 3.29. The Morgan fingerprint density at radius 1 is 1.20 bits per heavy atom. The highest BCUT2D eigenvalue weighted by atomic mass is 16.6. The van der Waals surface area contributed by atoms with E-state index in [0.29, 0.717) is 23.3 Å². The molecule has 1 aromatic heterocycles. The Balaban J connectivity index is 1.54. The summed E-state index contributed by atoms with van der Waals surface area (Å²) in [5.41, 5.74) is 1.05. The number of cyclic esters (lactones) is 1. The van der Waals surface area contributed by atoms with Crippen molar-refractivity contribution >= 4 is 17.8 Å². The summed E-state index contributed by atoms with van der Waals surface area (Å²) in [5.74, 6) is -0.341. The number of fused-ring (bicyclic) bond motifs is 1. The molecule has 0 saturated carbocycles. The lowest BCUT2D eigenvalue weighted by atomic mass is 10.1. The molecule has 2 aromatic rings. The maximum atomic E-state index is 12.6. The van der Waals surface area contributed by atoms with Crippen LogP contribution in [-0.4, -0.2) is 28.7 Å². The van der Waals surface area contributed by atoms with Gasteiger partial charge >= 0.3 is 5.97 Å². The first-order valence-electron chi connectivity index (χ1n) is 8.06. The zero-order chi connectivity index (χ0) is 17.4. The third-order valence-electron chi connectivity index (χ3n) is 4.49. The van der Waals surface area contributed by atoms with E-state index >= 15 is 0 Å². The number of benzene rings is 1. The van der Waals surface area contributed by atoms with Gasteiger partial charge in [0.15, 0.2) is 0 Å². The zero-order valence-corrected chi connectivity index (χ0v) is 13.3. The molecule has 2 aliphatic rings. The highest BCUT2D eigenvalue weighted by Gasteiger charge is 2.46. The van der Waals surface area contributed by atoms with Gasteiger partial charge in [-0.15, -0.1) is 0 Å². The number of hydrogen-bond donors (Lipinski definition) is 1. The van der Waals surface area contributed by atoms with E-state index in [0.717, 1.165) is 0 Å². The molecule has 7 nitrogen and oxygen atoms in total. The molecule has 2 aliphatic heterocycles. The number of rotatable bonds is 4. The van der Waals surface area contributed by atoms with Crippen LogP contribution in [0, 0.1) is 0 Å². The van der Waals surface area contributed by atoms with E-state index in [1.54, 1.807) is 36.4 Å². The molecule has 128 valence electrons. The number of hydrogen-bond acceptors (Lipinski definition) is 5. The number of ether oxygens (including phenoxy) is 1. The summed E-state index contributed by atoms with van der Waals surface area (Å²) in [7, 11) is 0. The number of furan rings is 1. The zero-order valence-electron chi connectivity index (χ0n) is 13.3. The van der Waals surface area contributed by atoms with Gasteiger partial charge < -0.3 is 14.5 Å². The van der Waals surface area contributed by atoms with Gasteiger partial charge in [0.1, 0.15) is 11.8 Å². The molecule has 0 spiro atoms. The van der Waals surface area contributed by atoms with Crippen LogP contribution in [0.15, 0.2) is 47.1 Å². The second kappa shape index (κ2) is 6.08. The Labute approximate surface area is 143 Å². The lowest BCUT2D eigenvalue weighted by Crippen LogP contribution is -2.46. The minimum Gasteiger partial charge on any atom is -0.467 e. The third-order valence-corrected chi connectivity index (χ3v) is 4.49. The molecule has 4 rings (SSSR count). The summed E-state index contributed by atoms with van der Waals surface area (Å²) in [6.45, 7) is 0.241. The van der Waals surface area contributed by atoms with E-state index < -0.39 is 18.2 Å². The molecular formula is C18H16N2O5. The van der Waals surface area contributed by atoms with Crippen molar-refractivity contribution in [2.75, 3.05) is 0 Å². The van der Waals surface area contributed by atoms with E-state index in [-0.39, 0.29) is 24.8 Å². The fourth-order valence-electron chi connectivity index (χ4n) is 3.29. The normalized spacial score (nSPS) is 22.0. The highest BCUT2D eigenvalue weighted by Crippen LogP contribution is 2.38. The van der Waals surface area contributed by atoms with Crippen LogP contribution in [0.2, 0.25) is 0 Å². The average molecular weight is 340 g/mol. The van der Waals surface area contributed by atoms with Gasteiger partial charge in [-0.05, 0) is 24.6 Å². The lowest BCUT2D eigenvalue weighted by Gasteiger charge is -2.29. The molecule has 2 amide bonds. The van der Waals surface area contributed by atoms with Gasteiger partial charge in [0.2, 0.25) is 18.0 Å². The predicted octanol–water partition coefficient (Wildman–Crippen LogP) is 1.76. The minimum atomic E-state index is -0.849. The van der Waals surface area contributed by atoms with Gasteiger partial charge in [-0.25, -0.2) is 4.79 Å². The van der Waals surface area contributed by atoms with Crippen LogP contribution in [0.3, 0.4) is 0 Å². The van der Waals surface area contributed by atoms with Crippen molar-refractivity contribution in [3.8, 4) is 0 Å². The van der Waals surface area contributed by atoms with Gasteiger partial charge in [-0.3, -0.25) is 14.5 Å². The molecule has 3 heterocycles. The van der Waals surface area contributed by atoms with Crippen LogP contribution in [0.4, 0.5) is 0 Å². The molecular weight excluding hydrogens is 324 g/mol. The number of nitrogens with one attached hydrogen (secondary N) is 1. The number of likely N-dealkylation sites (tertiary alicyclic amines) is 1. The molecule has 1 aromatic carbocycles. The number of esters is 1. The summed E-state index contributed by atoms with van der Waals surface area (Å²) in [6.07, 6.45) is 1.31. The van der Waals surface area contributed by atoms with Crippen molar-refractivity contribution in [1.82, 2.24) is 10.2 Å². The molecule has 0 bridgehead atoms. The summed E-state index contributed by atoms with van der Waals surface area (Å²) in [4.78, 5) is 38.3. The van der Waals surface area contributed by atoms with Crippen LogP contribution in [0.1, 0.15) is 40.8 Å². The van der Waals surface area contributed by atoms with Crippen LogP contribution >= 0.6 is 0 Å². The van der Waals surface area contributed by atoms with E-state index in [2.05, 4.69) is 5.32 Å². The third kappa shape index (κ3) is 2.67. The molecule has 2 atom stereocenters. The highest BCUT2D eigenvalue weighted by molar-refractivity contribution is 5.96. The maximum absolute atomic E-state index is 12.6. The van der Waals surface area contributed by atoms with Crippen LogP contribution in [0.5, 0.6) is 0 Å². The van der Waals surface area contributed by atoms with Crippen molar-refractivity contribution in [3.05, 3.63) is 59.5 Å². The predicted molar refractivity (Wildman–Crippen MR) is 85.0 cm³/mol. The average Bonchev–Trinajstić information content (AvgIpc) is 3.33. The quantitative estimate of drug-likeness (QED) is 0.857. The molecule has 7 heteroatoms. The summed E-state index contributed by atoms with van der Waals surface area (Å²) >= 11 is 0. The smallest absolute Gasteiger partial charge is 0.340 e. The molecule has 1 saturated heterocycles. The van der Waals surface area contributed by atoms with E-state index in [9.17, 15) is 14.4 Å². The summed E-state index contributed by atoms with van der Waals surface area (Å²) in [5, 5.41) is 2.77. The van der Waals surface area contributed by atoms with E-state index in [4.69, 9.17) is 9.15 Å². The Hall–Kier alpha value is -3.09. The Kier molecular flexibility index (Phi) is 3.76. The first kappa shape index (κ1) is 15.4. The van der Waals surface area contributed by atoms with Gasteiger partial charge in [0.05, 0.1) is 18.4 Å². The molecule has 1 fully saturated rings. The largest absolute Gasteiger partial charge is 0.467 e. The Bertz CT molecular complexity index is 830. The monoisotopic (exact) mass is 340 g/mol. The first-order valence-corrected chi connectivity index (χ1v) is 8.06. The summed E-state index contributed by atoms with van der Waals surface area (Å²) in [6, 6.07) is 9.74. The molecule has 0 radical (unpaired) electrons. The summed E-state index contributed by atoms with van der Waals surface area (Å²) < 4.78 is 10.6. The standard InChI is InChI=1S/C18H16N2O5/c21-15-8-7-14(16(22)19-10-11-4-3-9-24-11)20(15)17-12-5-1-2-6-13(12)18(23)25-17/h1-6,9,14,17H,7-8,10H2,(H,19,22)/t14-,17?/m0/s1. The molecule has 1 unspecified atom stereocenters. The number of carbonyl (C=O) groups is 3. The van der Waals surface area contributed by atoms with Crippen molar-refractivity contribution in [3.63, 3.8) is 0 Å². The van der Waals surface area contributed by atoms with Crippen molar-refractivity contribution in [1.29, 1.82) is 0 Å². The van der Waals surface area contributed by atoms with Gasteiger partial charge in [-0.2, -0.15) is 0 Å². The maximum Gasteiger partial charge on any atom is 0.340 e. The van der Waals surface area contributed by atoms with Crippen molar-refractivity contribution in [2.45, 2.75) is 31.7 Å². The first-order chi connectivity index (χ1) is 12.1. The number of nitrogens with zero attached hydrogens (tertiary/aromatic N) is 1. The van der Waals surface area contributed by atoms with Gasteiger partial charge in [0.25, 0.3) is 0 Å². The molecule has 0 aliphatic carbocycles. The number of amides is 2. The van der Waals surface area contributed by atoms with E-state index in [1.807, 2.05) is 0 Å². The minimum absolute atomic E-state index is 0.201. The lowest BCUT2D eigenvalue weighted by molar-refractivity contribution is -0.145. The topological polar surface area (TPSA) is 88.8 Å². The van der Waals surface area contributed by atoms with Crippen LogP contribution in [0.25, 0.3) is 0 Å². The van der Waals surface area contributed by atoms with E-state index in [1.165, 1.54) is 11.2 Å². The molecule has 25 heavy (non-hydrogen) atoms. The van der Waals surface area contributed by atoms with Gasteiger partial charge in [-0.1, -0.05) is 18.2 Å². The van der Waals surface area contributed by atoms with Crippen molar-refractivity contribution in [2.24, 2.45) is 0 Å². The van der Waals surface area contributed by atoms with Crippen LogP contribution in [-0.2, 0) is 20.9 Å². The second-order valence-electron chi connectivity index (χ2n) is 6.00. The molecule has 1 N–H and O–H groups in total. The Morgan fingerprint density at radius 2 is 2.04 bits per heavy atom. The van der Waals surface area contributed by atoms with Crippen LogP contribution < -0.4 is 5.32 Å². The number of carbonyl (C=O) groups excluding carboxylic acids is 3. The van der Waals surface area contributed by atoms with Gasteiger partial charge in [0, 0.05) is 12.0 Å². The fraction of sp³-hybridized carbons (Fsp3) is 0.278. The second-order valence-corrected chi connectivity index (χ2v) is 6.00. The van der Waals surface area contributed by atoms with Crippen molar-refractivity contribution < 1.29 is 23.5 Å². The SMILES string of the molecule is O=C1OC(N2C(=O)CC[C@H]2C(=O)NCc2ccco2)c2ccccc21.